The van der Waals surface area contributed by atoms with Gasteiger partial charge >= 0.3 is 0 Å². The number of aliphatic hydroxyl groups is 1. The fourth-order valence-electron chi connectivity index (χ4n) is 4.20. The molecule has 1 N–H and O–H groups in total. The topological polar surface area (TPSA) is 32.7 Å². The zero-order valence-electron chi connectivity index (χ0n) is 11.4. The van der Waals surface area contributed by atoms with Crippen LogP contribution in [0.4, 0.5) is 0 Å². The van der Waals surface area contributed by atoms with Gasteiger partial charge in [-0.05, 0) is 44.6 Å². The minimum atomic E-state index is -0.172. The van der Waals surface area contributed by atoms with Gasteiger partial charge in [0, 0.05) is 25.1 Å². The number of β-amino-alcohol motifs (C(OH)–C–C–N with tert-alkyl or cyclic N) is 1. The maximum Gasteiger partial charge on any atom is 0.0718 e. The molecule has 0 bridgehead atoms. The first-order chi connectivity index (χ1) is 8.84. The third kappa shape index (κ3) is 2.73. The van der Waals surface area contributed by atoms with E-state index in [1.807, 2.05) is 0 Å². The largest absolute Gasteiger partial charge is 0.391 e. The molecular weight excluding hydrogens is 226 g/mol. The lowest BCUT2D eigenvalue weighted by Gasteiger charge is -2.32. The lowest BCUT2D eigenvalue weighted by Crippen LogP contribution is -2.42. The maximum absolute atomic E-state index is 10.3. The fourth-order valence-corrected chi connectivity index (χ4v) is 4.20. The van der Waals surface area contributed by atoms with Gasteiger partial charge in [0.15, 0.2) is 0 Å². The molecule has 0 radical (unpaired) electrons. The van der Waals surface area contributed by atoms with Crippen LogP contribution in [-0.4, -0.2) is 48.5 Å². The van der Waals surface area contributed by atoms with Crippen molar-refractivity contribution in [3.05, 3.63) is 0 Å². The molecule has 0 spiro atoms. The van der Waals surface area contributed by atoms with E-state index in [2.05, 4.69) is 4.90 Å². The molecule has 1 aliphatic carbocycles. The Morgan fingerprint density at radius 1 is 1.11 bits per heavy atom. The van der Waals surface area contributed by atoms with E-state index in [4.69, 9.17) is 4.74 Å². The Bertz CT molecular complexity index is 259. The second-order valence-corrected chi connectivity index (χ2v) is 6.44. The van der Waals surface area contributed by atoms with E-state index in [1.54, 1.807) is 0 Å². The van der Waals surface area contributed by atoms with Crippen molar-refractivity contribution in [2.24, 2.45) is 11.8 Å². The molecular formula is C15H27NO2. The van der Waals surface area contributed by atoms with E-state index in [-0.39, 0.29) is 6.10 Å². The summed E-state index contributed by atoms with van der Waals surface area (Å²) in [6, 6.07) is 0.768. The van der Waals surface area contributed by atoms with Crippen LogP contribution in [0.15, 0.2) is 0 Å². The Labute approximate surface area is 110 Å². The number of hydrogen-bond acceptors (Lipinski definition) is 3. The molecule has 3 atom stereocenters. The summed E-state index contributed by atoms with van der Waals surface area (Å²) in [4.78, 5) is 2.58. The van der Waals surface area contributed by atoms with Crippen LogP contribution in [-0.2, 0) is 4.74 Å². The molecule has 104 valence electrons. The number of ether oxygens (including phenoxy) is 1. The third-order valence-corrected chi connectivity index (χ3v) is 5.29. The van der Waals surface area contributed by atoms with E-state index >= 15 is 0 Å². The summed E-state index contributed by atoms with van der Waals surface area (Å²) in [6.07, 6.45) is 9.25. The smallest absolute Gasteiger partial charge is 0.0718 e. The minimum absolute atomic E-state index is 0.172. The van der Waals surface area contributed by atoms with Crippen molar-refractivity contribution in [2.45, 2.75) is 57.1 Å². The highest BCUT2D eigenvalue weighted by Gasteiger charge is 2.35. The molecule has 3 aliphatic rings. The van der Waals surface area contributed by atoms with Crippen molar-refractivity contribution in [3.63, 3.8) is 0 Å². The molecule has 3 unspecified atom stereocenters. The highest BCUT2D eigenvalue weighted by Crippen LogP contribution is 2.35. The molecule has 18 heavy (non-hydrogen) atoms. The molecule has 0 amide bonds. The summed E-state index contributed by atoms with van der Waals surface area (Å²) in [5.41, 5.74) is 0. The summed E-state index contributed by atoms with van der Waals surface area (Å²) >= 11 is 0. The van der Waals surface area contributed by atoms with Crippen LogP contribution in [0.25, 0.3) is 0 Å². The van der Waals surface area contributed by atoms with Gasteiger partial charge in [-0.1, -0.05) is 12.8 Å². The van der Waals surface area contributed by atoms with Crippen molar-refractivity contribution in [3.8, 4) is 0 Å². The van der Waals surface area contributed by atoms with Gasteiger partial charge in [-0.15, -0.1) is 0 Å². The molecule has 3 nitrogen and oxygen atoms in total. The summed E-state index contributed by atoms with van der Waals surface area (Å²) in [5, 5.41) is 10.3. The minimum Gasteiger partial charge on any atom is -0.391 e. The van der Waals surface area contributed by atoms with Crippen LogP contribution >= 0.6 is 0 Å². The van der Waals surface area contributed by atoms with Gasteiger partial charge < -0.3 is 9.84 Å². The van der Waals surface area contributed by atoms with Crippen molar-refractivity contribution in [1.82, 2.24) is 4.90 Å². The van der Waals surface area contributed by atoms with Gasteiger partial charge in [-0.2, -0.15) is 0 Å². The number of aliphatic hydroxyl groups excluding tert-OH is 1. The fraction of sp³-hybridized carbons (Fsp3) is 1.00. The molecule has 1 saturated carbocycles. The predicted molar refractivity (Wildman–Crippen MR) is 71.5 cm³/mol. The van der Waals surface area contributed by atoms with Crippen LogP contribution in [0, 0.1) is 11.8 Å². The standard InChI is InChI=1S/C15H27NO2/c17-15(13-7-9-18-11-13)10-16-8-3-6-14(16)12-4-1-2-5-12/h12-15,17H,1-11H2. The van der Waals surface area contributed by atoms with Crippen molar-refractivity contribution in [2.75, 3.05) is 26.3 Å². The van der Waals surface area contributed by atoms with Crippen LogP contribution in [0.5, 0.6) is 0 Å². The van der Waals surface area contributed by atoms with E-state index in [0.717, 1.165) is 38.1 Å². The second kappa shape index (κ2) is 5.89. The lowest BCUT2D eigenvalue weighted by atomic mass is 9.95. The third-order valence-electron chi connectivity index (χ3n) is 5.29. The number of likely N-dealkylation sites (tertiary alicyclic amines) is 1. The van der Waals surface area contributed by atoms with Gasteiger partial charge in [0.1, 0.15) is 0 Å². The molecule has 2 heterocycles. The van der Waals surface area contributed by atoms with Gasteiger partial charge in [-0.25, -0.2) is 0 Å². The van der Waals surface area contributed by atoms with Crippen LogP contribution in [0.1, 0.15) is 44.9 Å². The summed E-state index contributed by atoms with van der Waals surface area (Å²) in [7, 11) is 0. The molecule has 2 aliphatic heterocycles. The van der Waals surface area contributed by atoms with Crippen LogP contribution < -0.4 is 0 Å². The zero-order chi connectivity index (χ0) is 12.4. The van der Waals surface area contributed by atoms with Gasteiger partial charge in [0.2, 0.25) is 0 Å². The average Bonchev–Trinajstić information content (AvgIpc) is 3.11. The van der Waals surface area contributed by atoms with E-state index < -0.39 is 0 Å². The second-order valence-electron chi connectivity index (χ2n) is 6.44. The summed E-state index contributed by atoms with van der Waals surface area (Å²) in [5.74, 6) is 1.30. The molecule has 3 heteroatoms. The van der Waals surface area contributed by atoms with Gasteiger partial charge in [-0.3, -0.25) is 4.90 Å². The summed E-state index contributed by atoms with van der Waals surface area (Å²) in [6.45, 7) is 3.69. The summed E-state index contributed by atoms with van der Waals surface area (Å²) < 4.78 is 5.39. The molecule has 2 saturated heterocycles. The van der Waals surface area contributed by atoms with Crippen molar-refractivity contribution >= 4 is 0 Å². The molecule has 3 rings (SSSR count). The quantitative estimate of drug-likeness (QED) is 0.832. The van der Waals surface area contributed by atoms with Crippen molar-refractivity contribution < 1.29 is 9.84 Å². The zero-order valence-corrected chi connectivity index (χ0v) is 11.4. The Hall–Kier alpha value is -0.120. The number of hydrogen-bond donors (Lipinski definition) is 1. The Kier molecular flexibility index (Phi) is 4.22. The first kappa shape index (κ1) is 12.9. The van der Waals surface area contributed by atoms with Crippen molar-refractivity contribution in [1.29, 1.82) is 0 Å². The number of nitrogens with zero attached hydrogens (tertiary/aromatic N) is 1. The predicted octanol–water partition coefficient (Wildman–Crippen LogP) is 2.04. The highest BCUT2D eigenvalue weighted by molar-refractivity contribution is 4.89. The molecule has 3 fully saturated rings. The Morgan fingerprint density at radius 3 is 2.67 bits per heavy atom. The molecule has 0 aromatic carbocycles. The molecule has 0 aromatic rings. The lowest BCUT2D eigenvalue weighted by molar-refractivity contribution is 0.0436. The highest BCUT2D eigenvalue weighted by atomic mass is 16.5. The normalized spacial score (nSPS) is 36.5. The van der Waals surface area contributed by atoms with E-state index in [9.17, 15) is 5.11 Å². The SMILES string of the molecule is OC(CN1CCCC1C1CCCC1)C1CCOC1. The average molecular weight is 253 g/mol. The first-order valence-corrected chi connectivity index (χ1v) is 7.84. The molecule has 0 aromatic heterocycles. The number of rotatable bonds is 4. The van der Waals surface area contributed by atoms with Gasteiger partial charge in [0.25, 0.3) is 0 Å². The Balaban J connectivity index is 1.53. The van der Waals surface area contributed by atoms with Crippen LogP contribution in [0.2, 0.25) is 0 Å². The first-order valence-electron chi connectivity index (χ1n) is 7.84. The van der Waals surface area contributed by atoms with E-state index in [0.29, 0.717) is 5.92 Å². The van der Waals surface area contributed by atoms with Gasteiger partial charge in [0.05, 0.1) is 12.7 Å². The van der Waals surface area contributed by atoms with E-state index in [1.165, 1.54) is 45.1 Å². The monoisotopic (exact) mass is 253 g/mol. The maximum atomic E-state index is 10.3. The van der Waals surface area contributed by atoms with Crippen LogP contribution in [0.3, 0.4) is 0 Å². The Morgan fingerprint density at radius 2 is 1.94 bits per heavy atom.